The van der Waals surface area contributed by atoms with Crippen LogP contribution in [0.15, 0.2) is 24.3 Å². The number of nitrogen functional groups attached to an aromatic ring is 1. The Morgan fingerprint density at radius 3 is 2.45 bits per heavy atom. The molecule has 2 rings (SSSR count). The van der Waals surface area contributed by atoms with Crippen LogP contribution in [0.3, 0.4) is 0 Å². The molecule has 1 aromatic heterocycles. The highest BCUT2D eigenvalue weighted by Crippen LogP contribution is 2.20. The van der Waals surface area contributed by atoms with Crippen LogP contribution in [0.1, 0.15) is 32.9 Å². The Morgan fingerprint density at radius 2 is 1.80 bits per heavy atom. The number of aryl methyl sites for hydroxylation is 4. The number of aromatic nitrogens is 1. The highest BCUT2D eigenvalue weighted by Gasteiger charge is 2.12. The Kier molecular flexibility index (Phi) is 3.74. The molecule has 0 atom stereocenters. The molecule has 0 fully saturated rings. The number of hydrogen-bond donors (Lipinski definition) is 2. The van der Waals surface area contributed by atoms with Gasteiger partial charge in [-0.2, -0.15) is 0 Å². The average molecular weight is 269 g/mol. The summed E-state index contributed by atoms with van der Waals surface area (Å²) < 4.78 is 0. The van der Waals surface area contributed by atoms with Crippen molar-refractivity contribution in [3.63, 3.8) is 0 Å². The van der Waals surface area contributed by atoms with Crippen LogP contribution >= 0.6 is 0 Å². The van der Waals surface area contributed by atoms with Gasteiger partial charge in [0.15, 0.2) is 0 Å². The van der Waals surface area contributed by atoms with Crippen molar-refractivity contribution in [3.05, 3.63) is 52.3 Å². The third-order valence-corrected chi connectivity index (χ3v) is 3.33. The van der Waals surface area contributed by atoms with Crippen molar-refractivity contribution in [3.8, 4) is 0 Å². The second-order valence-electron chi connectivity index (χ2n) is 5.06. The Bertz CT molecular complexity index is 678. The van der Waals surface area contributed by atoms with Crippen molar-refractivity contribution < 1.29 is 4.79 Å². The lowest BCUT2D eigenvalue weighted by molar-refractivity contribution is 0.102. The molecule has 1 aromatic carbocycles. The highest BCUT2D eigenvalue weighted by molar-refractivity contribution is 6.06. The van der Waals surface area contributed by atoms with Gasteiger partial charge in [0.25, 0.3) is 5.91 Å². The fourth-order valence-corrected chi connectivity index (χ4v) is 2.12. The summed E-state index contributed by atoms with van der Waals surface area (Å²) in [6.07, 6.45) is 0. The monoisotopic (exact) mass is 269 g/mol. The molecule has 104 valence electrons. The summed E-state index contributed by atoms with van der Waals surface area (Å²) in [4.78, 5) is 16.7. The summed E-state index contributed by atoms with van der Waals surface area (Å²) in [5, 5.41) is 2.88. The molecule has 0 aliphatic rings. The van der Waals surface area contributed by atoms with Gasteiger partial charge < -0.3 is 11.1 Å². The van der Waals surface area contributed by atoms with Gasteiger partial charge in [0.1, 0.15) is 0 Å². The lowest BCUT2D eigenvalue weighted by atomic mass is 10.0. The van der Waals surface area contributed by atoms with Crippen molar-refractivity contribution in [2.45, 2.75) is 27.7 Å². The van der Waals surface area contributed by atoms with Crippen molar-refractivity contribution in [2.24, 2.45) is 0 Å². The maximum atomic E-state index is 12.3. The normalized spacial score (nSPS) is 10.4. The van der Waals surface area contributed by atoms with Crippen LogP contribution in [0.5, 0.6) is 0 Å². The molecule has 0 unspecified atom stereocenters. The largest absolute Gasteiger partial charge is 0.398 e. The minimum atomic E-state index is -0.164. The zero-order valence-electron chi connectivity index (χ0n) is 12.2. The van der Waals surface area contributed by atoms with Gasteiger partial charge in [0.2, 0.25) is 0 Å². The summed E-state index contributed by atoms with van der Waals surface area (Å²) in [6.45, 7) is 7.63. The van der Waals surface area contributed by atoms with E-state index in [0.29, 0.717) is 11.3 Å². The Morgan fingerprint density at radius 1 is 1.10 bits per heavy atom. The molecule has 0 saturated heterocycles. The first-order chi connectivity index (χ1) is 9.38. The van der Waals surface area contributed by atoms with E-state index in [4.69, 9.17) is 5.73 Å². The Labute approximate surface area is 119 Å². The van der Waals surface area contributed by atoms with Crippen LogP contribution < -0.4 is 11.1 Å². The number of pyridine rings is 1. The van der Waals surface area contributed by atoms with Crippen LogP contribution in [0.2, 0.25) is 0 Å². The molecule has 4 heteroatoms. The smallest absolute Gasteiger partial charge is 0.256 e. The van der Waals surface area contributed by atoms with E-state index in [0.717, 1.165) is 28.2 Å². The van der Waals surface area contributed by atoms with E-state index >= 15 is 0 Å². The standard InChI is InChI=1S/C16H19N3O/c1-9-7-10(2)14(17)8-13(9)16(20)19-15-6-5-11(3)18-12(15)4/h5-8H,17H2,1-4H3,(H,19,20). The summed E-state index contributed by atoms with van der Waals surface area (Å²) in [7, 11) is 0. The molecular formula is C16H19N3O. The average Bonchev–Trinajstić information content (AvgIpc) is 2.37. The number of amides is 1. The minimum Gasteiger partial charge on any atom is -0.398 e. The van der Waals surface area contributed by atoms with Crippen LogP contribution in [-0.4, -0.2) is 10.9 Å². The van der Waals surface area contributed by atoms with Gasteiger partial charge in [-0.25, -0.2) is 0 Å². The number of anilines is 2. The van der Waals surface area contributed by atoms with Crippen molar-refractivity contribution in [2.75, 3.05) is 11.1 Å². The van der Waals surface area contributed by atoms with Gasteiger partial charge in [0, 0.05) is 16.9 Å². The van der Waals surface area contributed by atoms with Gasteiger partial charge in [-0.3, -0.25) is 9.78 Å². The van der Waals surface area contributed by atoms with E-state index in [-0.39, 0.29) is 5.91 Å². The fourth-order valence-electron chi connectivity index (χ4n) is 2.12. The van der Waals surface area contributed by atoms with E-state index in [1.165, 1.54) is 0 Å². The Balaban J connectivity index is 2.31. The first-order valence-electron chi connectivity index (χ1n) is 6.51. The molecule has 0 spiro atoms. The molecule has 4 nitrogen and oxygen atoms in total. The molecule has 2 aromatic rings. The lowest BCUT2D eigenvalue weighted by Crippen LogP contribution is -2.15. The van der Waals surface area contributed by atoms with Gasteiger partial charge in [-0.1, -0.05) is 6.07 Å². The fraction of sp³-hybridized carbons (Fsp3) is 0.250. The SMILES string of the molecule is Cc1ccc(NC(=O)c2cc(N)c(C)cc2C)c(C)n1. The van der Waals surface area contributed by atoms with Gasteiger partial charge in [-0.15, -0.1) is 0 Å². The number of nitrogens with two attached hydrogens (primary N) is 1. The predicted octanol–water partition coefficient (Wildman–Crippen LogP) is 3.15. The van der Waals surface area contributed by atoms with Crippen molar-refractivity contribution >= 4 is 17.3 Å². The number of carbonyl (C=O) groups excluding carboxylic acids is 1. The molecule has 0 aliphatic heterocycles. The molecule has 0 radical (unpaired) electrons. The van der Waals surface area contributed by atoms with Crippen LogP contribution in [-0.2, 0) is 0 Å². The topological polar surface area (TPSA) is 68.0 Å². The van der Waals surface area contributed by atoms with Gasteiger partial charge in [-0.05, 0) is 57.0 Å². The summed E-state index contributed by atoms with van der Waals surface area (Å²) in [6, 6.07) is 7.38. The van der Waals surface area contributed by atoms with E-state index in [1.807, 2.05) is 45.9 Å². The number of carbonyl (C=O) groups is 1. The molecule has 0 bridgehead atoms. The molecule has 1 amide bonds. The molecule has 20 heavy (non-hydrogen) atoms. The van der Waals surface area contributed by atoms with Crippen LogP contribution in [0, 0.1) is 27.7 Å². The minimum absolute atomic E-state index is 0.164. The maximum absolute atomic E-state index is 12.3. The summed E-state index contributed by atoms with van der Waals surface area (Å²) in [5.74, 6) is -0.164. The summed E-state index contributed by atoms with van der Waals surface area (Å²) in [5.41, 5.74) is 11.4. The molecule has 1 heterocycles. The molecular weight excluding hydrogens is 250 g/mol. The second kappa shape index (κ2) is 5.33. The zero-order chi connectivity index (χ0) is 14.9. The van der Waals surface area contributed by atoms with E-state index < -0.39 is 0 Å². The molecule has 0 saturated carbocycles. The van der Waals surface area contributed by atoms with E-state index in [2.05, 4.69) is 10.3 Å². The number of rotatable bonds is 2. The Hall–Kier alpha value is -2.36. The molecule has 0 aliphatic carbocycles. The first kappa shape index (κ1) is 14.1. The van der Waals surface area contributed by atoms with Crippen molar-refractivity contribution in [1.29, 1.82) is 0 Å². The third kappa shape index (κ3) is 2.79. The first-order valence-corrected chi connectivity index (χ1v) is 6.51. The zero-order valence-corrected chi connectivity index (χ0v) is 12.2. The van der Waals surface area contributed by atoms with Gasteiger partial charge >= 0.3 is 0 Å². The van der Waals surface area contributed by atoms with E-state index in [9.17, 15) is 4.79 Å². The van der Waals surface area contributed by atoms with Crippen molar-refractivity contribution in [1.82, 2.24) is 4.98 Å². The number of nitrogens with zero attached hydrogens (tertiary/aromatic N) is 1. The van der Waals surface area contributed by atoms with Gasteiger partial charge in [0.05, 0.1) is 11.4 Å². The number of benzene rings is 1. The van der Waals surface area contributed by atoms with Crippen LogP contribution in [0.25, 0.3) is 0 Å². The maximum Gasteiger partial charge on any atom is 0.256 e. The van der Waals surface area contributed by atoms with Crippen LogP contribution in [0.4, 0.5) is 11.4 Å². The quantitative estimate of drug-likeness (QED) is 0.823. The third-order valence-electron chi connectivity index (χ3n) is 3.33. The van der Waals surface area contributed by atoms with E-state index in [1.54, 1.807) is 6.07 Å². The second-order valence-corrected chi connectivity index (χ2v) is 5.06. The highest BCUT2D eigenvalue weighted by atomic mass is 16.1. The number of hydrogen-bond acceptors (Lipinski definition) is 3. The lowest BCUT2D eigenvalue weighted by Gasteiger charge is -2.12. The predicted molar refractivity (Wildman–Crippen MR) is 82.0 cm³/mol. The molecule has 3 N–H and O–H groups in total. The number of nitrogens with one attached hydrogen (secondary N) is 1. The summed E-state index contributed by atoms with van der Waals surface area (Å²) >= 11 is 0.